The zero-order valence-electron chi connectivity index (χ0n) is 14.2. The molecule has 0 spiro atoms. The van der Waals surface area contributed by atoms with Crippen LogP contribution in [0.25, 0.3) is 16.9 Å². The highest BCUT2D eigenvalue weighted by Gasteiger charge is 2.11. The van der Waals surface area contributed by atoms with Gasteiger partial charge in [-0.2, -0.15) is 0 Å². The van der Waals surface area contributed by atoms with Crippen molar-refractivity contribution in [2.24, 2.45) is 0 Å². The first-order chi connectivity index (χ1) is 13.1. The van der Waals surface area contributed by atoms with Gasteiger partial charge in [0.25, 0.3) is 5.91 Å². The van der Waals surface area contributed by atoms with Gasteiger partial charge in [-0.15, -0.1) is 0 Å². The Morgan fingerprint density at radius 2 is 1.89 bits per heavy atom. The lowest BCUT2D eigenvalue weighted by Crippen LogP contribution is -2.23. The number of halogens is 2. The zero-order chi connectivity index (χ0) is 18.8. The van der Waals surface area contributed by atoms with Crippen LogP contribution < -0.4 is 5.32 Å². The normalized spacial score (nSPS) is 10.9. The summed E-state index contributed by atoms with van der Waals surface area (Å²) in [5, 5.41) is 2.99. The van der Waals surface area contributed by atoms with Gasteiger partial charge in [-0.3, -0.25) is 9.20 Å². The number of aromatic nitrogens is 2. The van der Waals surface area contributed by atoms with E-state index >= 15 is 0 Å². The Balaban J connectivity index is 1.51. The maximum absolute atomic E-state index is 13.8. The minimum atomic E-state index is -0.439. The van der Waals surface area contributed by atoms with Gasteiger partial charge >= 0.3 is 0 Å². The summed E-state index contributed by atoms with van der Waals surface area (Å²) in [6, 6.07) is 17.4. The second-order valence-corrected chi connectivity index (χ2v) is 6.44. The minimum Gasteiger partial charge on any atom is -0.348 e. The van der Waals surface area contributed by atoms with Crippen molar-refractivity contribution in [1.82, 2.24) is 14.7 Å². The van der Waals surface area contributed by atoms with E-state index in [9.17, 15) is 9.18 Å². The number of amides is 1. The Bertz CT molecular complexity index is 1100. The molecular weight excluding hydrogens is 365 g/mol. The van der Waals surface area contributed by atoms with Crippen LogP contribution in [0.3, 0.4) is 0 Å². The second kappa shape index (κ2) is 7.21. The average molecular weight is 380 g/mol. The van der Waals surface area contributed by atoms with Crippen molar-refractivity contribution < 1.29 is 9.18 Å². The number of imidazole rings is 1. The van der Waals surface area contributed by atoms with Crippen molar-refractivity contribution in [2.75, 3.05) is 0 Å². The standard InChI is InChI=1S/C21H15ClFN3O/c22-17-4-3-5-18(23)16(17)12-25-21(27)15-9-7-14(8-10-15)19-13-24-20-6-1-2-11-26(19)20/h1-11,13H,12H2,(H,25,27). The fraction of sp³-hybridized carbons (Fsp3) is 0.0476. The molecule has 4 rings (SSSR count). The van der Waals surface area contributed by atoms with Crippen molar-refractivity contribution in [3.8, 4) is 11.3 Å². The monoisotopic (exact) mass is 379 g/mol. The number of carbonyl (C=O) groups is 1. The summed E-state index contributed by atoms with van der Waals surface area (Å²) in [5.41, 5.74) is 3.50. The molecular formula is C21H15ClFN3O. The zero-order valence-corrected chi connectivity index (χ0v) is 14.9. The molecule has 0 aliphatic carbocycles. The number of nitrogens with one attached hydrogen (secondary N) is 1. The Labute approximate surface area is 160 Å². The lowest BCUT2D eigenvalue weighted by molar-refractivity contribution is 0.0950. The van der Waals surface area contributed by atoms with Gasteiger partial charge < -0.3 is 5.32 Å². The van der Waals surface area contributed by atoms with Crippen molar-refractivity contribution in [3.63, 3.8) is 0 Å². The molecule has 4 nitrogen and oxygen atoms in total. The average Bonchev–Trinajstić information content (AvgIpc) is 3.12. The maximum atomic E-state index is 13.8. The third-order valence-corrected chi connectivity index (χ3v) is 4.70. The van der Waals surface area contributed by atoms with E-state index < -0.39 is 5.82 Å². The van der Waals surface area contributed by atoms with Gasteiger partial charge in [0.1, 0.15) is 11.5 Å². The number of nitrogens with zero attached hydrogens (tertiary/aromatic N) is 2. The summed E-state index contributed by atoms with van der Waals surface area (Å²) >= 11 is 5.98. The second-order valence-electron chi connectivity index (χ2n) is 6.03. The van der Waals surface area contributed by atoms with Crippen molar-refractivity contribution in [1.29, 1.82) is 0 Å². The first kappa shape index (κ1) is 17.2. The summed E-state index contributed by atoms with van der Waals surface area (Å²) in [4.78, 5) is 16.7. The van der Waals surface area contributed by atoms with E-state index in [-0.39, 0.29) is 18.0 Å². The van der Waals surface area contributed by atoms with E-state index in [4.69, 9.17) is 11.6 Å². The number of hydrogen-bond acceptors (Lipinski definition) is 2. The summed E-state index contributed by atoms with van der Waals surface area (Å²) in [5.74, 6) is -0.732. The first-order valence-corrected chi connectivity index (χ1v) is 8.75. The van der Waals surface area contributed by atoms with E-state index in [1.165, 1.54) is 12.1 Å². The third kappa shape index (κ3) is 3.41. The van der Waals surface area contributed by atoms with Gasteiger partial charge in [-0.25, -0.2) is 9.37 Å². The number of hydrogen-bond donors (Lipinski definition) is 1. The van der Waals surface area contributed by atoms with Crippen LogP contribution in [-0.2, 0) is 6.54 Å². The molecule has 1 N–H and O–H groups in total. The highest BCUT2D eigenvalue weighted by atomic mass is 35.5. The largest absolute Gasteiger partial charge is 0.348 e. The molecule has 0 atom stereocenters. The predicted octanol–water partition coefficient (Wildman–Crippen LogP) is 4.72. The van der Waals surface area contributed by atoms with Gasteiger partial charge in [-0.1, -0.05) is 35.9 Å². The molecule has 0 bridgehead atoms. The Hall–Kier alpha value is -3.18. The van der Waals surface area contributed by atoms with Gasteiger partial charge in [-0.05, 0) is 36.4 Å². The molecule has 0 unspecified atom stereocenters. The van der Waals surface area contributed by atoms with Gasteiger partial charge in [0.2, 0.25) is 0 Å². The molecule has 4 aromatic rings. The molecule has 0 saturated carbocycles. The lowest BCUT2D eigenvalue weighted by Gasteiger charge is -2.09. The smallest absolute Gasteiger partial charge is 0.251 e. The molecule has 0 radical (unpaired) electrons. The summed E-state index contributed by atoms with van der Waals surface area (Å²) in [6.45, 7) is 0.0271. The van der Waals surface area contributed by atoms with Crippen LogP contribution in [0.2, 0.25) is 5.02 Å². The molecule has 0 saturated heterocycles. The van der Waals surface area contributed by atoms with E-state index in [0.29, 0.717) is 10.6 Å². The third-order valence-electron chi connectivity index (χ3n) is 4.35. The number of fused-ring (bicyclic) bond motifs is 1. The molecule has 0 fully saturated rings. The molecule has 2 heterocycles. The predicted molar refractivity (Wildman–Crippen MR) is 103 cm³/mol. The van der Waals surface area contributed by atoms with E-state index in [1.54, 1.807) is 24.4 Å². The van der Waals surface area contributed by atoms with Crippen LogP contribution in [0.4, 0.5) is 4.39 Å². The summed E-state index contributed by atoms with van der Waals surface area (Å²) in [7, 11) is 0. The molecule has 1 amide bonds. The number of pyridine rings is 1. The van der Waals surface area contributed by atoms with Crippen LogP contribution in [0, 0.1) is 5.82 Å². The maximum Gasteiger partial charge on any atom is 0.251 e. The number of benzene rings is 2. The molecule has 0 aliphatic rings. The molecule has 134 valence electrons. The SMILES string of the molecule is O=C(NCc1c(F)cccc1Cl)c1ccc(-c2cnc3ccccn23)cc1. The van der Waals surface area contributed by atoms with Crippen LogP contribution in [0.5, 0.6) is 0 Å². The topological polar surface area (TPSA) is 46.4 Å². The molecule has 2 aromatic heterocycles. The van der Waals surface area contributed by atoms with E-state index in [0.717, 1.165) is 16.9 Å². The Kier molecular flexibility index (Phi) is 4.60. The van der Waals surface area contributed by atoms with Crippen LogP contribution >= 0.6 is 11.6 Å². The van der Waals surface area contributed by atoms with Gasteiger partial charge in [0.15, 0.2) is 0 Å². The first-order valence-electron chi connectivity index (χ1n) is 8.37. The number of carbonyl (C=O) groups excluding carboxylic acids is 1. The summed E-state index contributed by atoms with van der Waals surface area (Å²) < 4.78 is 15.8. The van der Waals surface area contributed by atoms with Gasteiger partial charge in [0.05, 0.1) is 11.9 Å². The summed E-state index contributed by atoms with van der Waals surface area (Å²) in [6.07, 6.45) is 3.74. The Morgan fingerprint density at radius 1 is 1.07 bits per heavy atom. The van der Waals surface area contributed by atoms with Gasteiger partial charge in [0, 0.05) is 34.5 Å². The highest BCUT2D eigenvalue weighted by molar-refractivity contribution is 6.31. The fourth-order valence-corrected chi connectivity index (χ4v) is 3.14. The fourth-order valence-electron chi connectivity index (χ4n) is 2.91. The Morgan fingerprint density at radius 3 is 2.67 bits per heavy atom. The minimum absolute atomic E-state index is 0.0271. The molecule has 6 heteroatoms. The van der Waals surface area contributed by atoms with E-state index in [1.807, 2.05) is 40.9 Å². The van der Waals surface area contributed by atoms with Crippen LogP contribution in [0.1, 0.15) is 15.9 Å². The van der Waals surface area contributed by atoms with Crippen molar-refractivity contribution in [2.45, 2.75) is 6.54 Å². The molecule has 2 aromatic carbocycles. The van der Waals surface area contributed by atoms with Crippen LogP contribution in [-0.4, -0.2) is 15.3 Å². The molecule has 0 aliphatic heterocycles. The highest BCUT2D eigenvalue weighted by Crippen LogP contribution is 2.22. The number of rotatable bonds is 4. The van der Waals surface area contributed by atoms with Crippen molar-refractivity contribution in [3.05, 3.63) is 95.0 Å². The van der Waals surface area contributed by atoms with Crippen molar-refractivity contribution >= 4 is 23.2 Å². The van der Waals surface area contributed by atoms with Crippen LogP contribution in [0.15, 0.2) is 73.1 Å². The van der Waals surface area contributed by atoms with E-state index in [2.05, 4.69) is 10.3 Å². The quantitative estimate of drug-likeness (QED) is 0.557. The lowest BCUT2D eigenvalue weighted by atomic mass is 10.1. The molecule has 27 heavy (non-hydrogen) atoms.